The Morgan fingerprint density at radius 1 is 0.903 bits per heavy atom. The topological polar surface area (TPSA) is 61.9 Å². The quantitative estimate of drug-likeness (QED) is 0.430. The van der Waals surface area contributed by atoms with Crippen molar-refractivity contribution in [2.45, 2.75) is 11.4 Å². The van der Waals surface area contributed by atoms with Crippen LogP contribution < -0.4 is 10.6 Å². The molecule has 5 nitrogen and oxygen atoms in total. The number of anilines is 2. The van der Waals surface area contributed by atoms with Crippen LogP contribution in [0.5, 0.6) is 0 Å². The third-order valence-corrected chi connectivity index (χ3v) is 7.56. The van der Waals surface area contributed by atoms with Crippen molar-refractivity contribution in [3.63, 3.8) is 0 Å². The summed E-state index contributed by atoms with van der Waals surface area (Å²) < 4.78 is 0. The monoisotopic (exact) mass is 444 g/mol. The van der Waals surface area contributed by atoms with Crippen LogP contribution in [-0.2, 0) is 11.3 Å². The van der Waals surface area contributed by atoms with Gasteiger partial charge in [-0.05, 0) is 41.6 Å². The van der Waals surface area contributed by atoms with Gasteiger partial charge >= 0.3 is 0 Å². The van der Waals surface area contributed by atoms with E-state index in [-0.39, 0.29) is 5.91 Å². The number of amides is 1. The zero-order valence-corrected chi connectivity index (χ0v) is 18.5. The molecule has 2 N–H and O–H groups in total. The first kappa shape index (κ1) is 19.8. The highest BCUT2D eigenvalue weighted by Gasteiger charge is 2.39. The van der Waals surface area contributed by atoms with Crippen molar-refractivity contribution in [2.75, 3.05) is 17.7 Å². The summed E-state index contributed by atoms with van der Waals surface area (Å²) in [6.45, 7) is 0.455. The molecule has 7 heteroatoms. The molecule has 0 bridgehead atoms. The number of carbonyl (C=O) groups excluding carboxylic acids is 1. The smallest absolute Gasteiger partial charge is 0.269 e. The predicted molar refractivity (Wildman–Crippen MR) is 130 cm³/mol. The number of rotatable bonds is 3. The molecule has 2 heterocycles. The van der Waals surface area contributed by atoms with Crippen molar-refractivity contribution in [1.82, 2.24) is 4.90 Å². The molecule has 1 amide bonds. The fourth-order valence-electron chi connectivity index (χ4n) is 3.52. The number of para-hydroxylation sites is 3. The maximum Gasteiger partial charge on any atom is 0.269 e. The summed E-state index contributed by atoms with van der Waals surface area (Å²) in [5.41, 5.74) is 9.53. The van der Waals surface area contributed by atoms with Gasteiger partial charge < -0.3 is 10.6 Å². The second-order valence-corrected chi connectivity index (χ2v) is 9.20. The number of fused-ring (bicyclic) bond motifs is 1. The number of carbonyl (C=O) groups is 1. The number of aliphatic imine (C=N–C) groups is 1. The SMILES string of the molecule is CN1/C(=C2\SC(=Nc3ccccc3N)N(Cc3ccccc3)C2=O)Sc2ccccc21. The van der Waals surface area contributed by atoms with E-state index in [1.807, 2.05) is 73.8 Å². The number of nitrogen functional groups attached to an aromatic ring is 1. The minimum absolute atomic E-state index is 0.0377. The fraction of sp³-hybridized carbons (Fsp3) is 0.0833. The van der Waals surface area contributed by atoms with E-state index in [0.717, 1.165) is 21.2 Å². The summed E-state index contributed by atoms with van der Waals surface area (Å²) in [7, 11) is 2.00. The first-order valence-electron chi connectivity index (χ1n) is 9.83. The largest absolute Gasteiger partial charge is 0.397 e. The highest BCUT2D eigenvalue weighted by atomic mass is 32.2. The molecular weight excluding hydrogens is 424 g/mol. The molecule has 154 valence electrons. The van der Waals surface area contributed by atoms with E-state index < -0.39 is 0 Å². The molecule has 3 aromatic rings. The van der Waals surface area contributed by atoms with Crippen molar-refractivity contribution in [3.8, 4) is 0 Å². The third kappa shape index (κ3) is 3.71. The van der Waals surface area contributed by atoms with Gasteiger partial charge in [-0.15, -0.1) is 0 Å². The number of hydrogen-bond acceptors (Lipinski definition) is 6. The summed E-state index contributed by atoms with van der Waals surface area (Å²) in [5, 5.41) is 1.57. The average molecular weight is 445 g/mol. The molecule has 0 aliphatic carbocycles. The van der Waals surface area contributed by atoms with Crippen molar-refractivity contribution in [3.05, 3.63) is 94.4 Å². The Balaban J connectivity index is 1.57. The predicted octanol–water partition coefficient (Wildman–Crippen LogP) is 5.44. The molecule has 0 radical (unpaired) electrons. The lowest BCUT2D eigenvalue weighted by atomic mass is 10.2. The molecule has 0 saturated carbocycles. The van der Waals surface area contributed by atoms with Gasteiger partial charge in [0.2, 0.25) is 0 Å². The lowest BCUT2D eigenvalue weighted by Crippen LogP contribution is -2.29. The van der Waals surface area contributed by atoms with Crippen molar-refractivity contribution in [1.29, 1.82) is 0 Å². The van der Waals surface area contributed by atoms with E-state index in [4.69, 9.17) is 10.7 Å². The molecule has 5 rings (SSSR count). The second kappa shape index (κ2) is 8.17. The van der Waals surface area contributed by atoms with Crippen molar-refractivity contribution >= 4 is 51.7 Å². The van der Waals surface area contributed by atoms with Crippen LogP contribution in [0, 0.1) is 0 Å². The maximum absolute atomic E-state index is 13.6. The molecule has 2 aliphatic heterocycles. The summed E-state index contributed by atoms with van der Waals surface area (Å²) in [6.07, 6.45) is 0. The highest BCUT2D eigenvalue weighted by molar-refractivity contribution is 8.19. The van der Waals surface area contributed by atoms with Gasteiger partial charge in [-0.25, -0.2) is 4.99 Å². The average Bonchev–Trinajstić information content (AvgIpc) is 3.28. The molecule has 0 atom stereocenters. The first-order chi connectivity index (χ1) is 15.1. The number of nitrogens with two attached hydrogens (primary N) is 1. The van der Waals surface area contributed by atoms with Gasteiger partial charge in [-0.3, -0.25) is 9.69 Å². The zero-order chi connectivity index (χ0) is 21.4. The van der Waals surface area contributed by atoms with E-state index in [1.165, 1.54) is 11.8 Å². The lowest BCUT2D eigenvalue weighted by Gasteiger charge is -2.17. The van der Waals surface area contributed by atoms with Gasteiger partial charge in [-0.1, -0.05) is 66.4 Å². The van der Waals surface area contributed by atoms with Crippen LogP contribution in [0.25, 0.3) is 0 Å². The van der Waals surface area contributed by atoms with E-state index in [0.29, 0.717) is 28.0 Å². The van der Waals surface area contributed by atoms with Crippen molar-refractivity contribution < 1.29 is 4.79 Å². The molecule has 0 unspecified atom stereocenters. The molecular formula is C24H20N4OS2. The van der Waals surface area contributed by atoms with E-state index in [9.17, 15) is 4.79 Å². The van der Waals surface area contributed by atoms with Gasteiger partial charge in [0.25, 0.3) is 5.91 Å². The number of thioether (sulfide) groups is 2. The van der Waals surface area contributed by atoms with Crippen LogP contribution >= 0.6 is 23.5 Å². The highest BCUT2D eigenvalue weighted by Crippen LogP contribution is 2.50. The van der Waals surface area contributed by atoms with Crippen molar-refractivity contribution in [2.24, 2.45) is 4.99 Å². The molecule has 0 aromatic heterocycles. The first-order valence-corrected chi connectivity index (χ1v) is 11.5. The van der Waals surface area contributed by atoms with E-state index in [1.54, 1.807) is 16.7 Å². The van der Waals surface area contributed by atoms with Crippen LogP contribution in [0.3, 0.4) is 0 Å². The lowest BCUT2D eigenvalue weighted by molar-refractivity contribution is -0.122. The Morgan fingerprint density at radius 3 is 2.39 bits per heavy atom. The third-order valence-electron chi connectivity index (χ3n) is 5.13. The summed E-state index contributed by atoms with van der Waals surface area (Å²) in [5.74, 6) is -0.0377. The van der Waals surface area contributed by atoms with Crippen LogP contribution in [0.4, 0.5) is 17.1 Å². The summed E-state index contributed by atoms with van der Waals surface area (Å²) in [4.78, 5) is 24.0. The Kier molecular flexibility index (Phi) is 5.21. The van der Waals surface area contributed by atoms with Gasteiger partial charge in [-0.2, -0.15) is 0 Å². The molecule has 31 heavy (non-hydrogen) atoms. The fourth-order valence-corrected chi connectivity index (χ4v) is 5.85. The Labute approximate surface area is 189 Å². The van der Waals surface area contributed by atoms with Crippen LogP contribution in [-0.4, -0.2) is 23.0 Å². The Hall–Kier alpha value is -3.16. The molecule has 2 aliphatic rings. The molecule has 3 aromatic carbocycles. The number of benzene rings is 3. The van der Waals surface area contributed by atoms with Gasteiger partial charge in [0, 0.05) is 11.9 Å². The van der Waals surface area contributed by atoms with Gasteiger partial charge in [0.1, 0.15) is 4.91 Å². The second-order valence-electron chi connectivity index (χ2n) is 7.20. The maximum atomic E-state index is 13.6. The molecule has 0 spiro atoms. The normalized spacial score (nSPS) is 19.4. The van der Waals surface area contributed by atoms with Crippen LogP contribution in [0.15, 0.2) is 98.7 Å². The Morgan fingerprint density at radius 2 is 1.61 bits per heavy atom. The van der Waals surface area contributed by atoms with E-state index >= 15 is 0 Å². The summed E-state index contributed by atoms with van der Waals surface area (Å²) >= 11 is 3.03. The zero-order valence-electron chi connectivity index (χ0n) is 16.9. The van der Waals surface area contributed by atoms with Gasteiger partial charge in [0.05, 0.1) is 28.6 Å². The van der Waals surface area contributed by atoms with Crippen LogP contribution in [0.1, 0.15) is 5.56 Å². The minimum Gasteiger partial charge on any atom is -0.397 e. The standard InChI is InChI=1S/C24H20N4OS2/c1-27-19-13-7-8-14-20(19)30-23(27)21-22(29)28(15-16-9-3-2-4-10-16)24(31-21)26-18-12-6-5-11-17(18)25/h2-14H,15,25H2,1H3/b23-21+,26-24?. The summed E-state index contributed by atoms with van der Waals surface area (Å²) in [6, 6.07) is 25.6. The molecule has 1 saturated heterocycles. The number of hydrogen-bond donors (Lipinski definition) is 1. The number of amidine groups is 1. The van der Waals surface area contributed by atoms with Crippen LogP contribution in [0.2, 0.25) is 0 Å². The molecule has 1 fully saturated rings. The minimum atomic E-state index is -0.0377. The Bertz CT molecular complexity index is 1220. The van der Waals surface area contributed by atoms with E-state index in [2.05, 4.69) is 17.0 Å². The van der Waals surface area contributed by atoms with Gasteiger partial charge in [0.15, 0.2) is 5.17 Å². The number of nitrogens with zero attached hydrogens (tertiary/aromatic N) is 3.